The van der Waals surface area contributed by atoms with Crippen molar-refractivity contribution < 1.29 is 17.9 Å². The molecule has 2 N–H and O–H groups in total. The zero-order chi connectivity index (χ0) is 15.3. The van der Waals surface area contributed by atoms with Crippen molar-refractivity contribution in [1.29, 1.82) is 0 Å². The molecule has 0 spiro atoms. The summed E-state index contributed by atoms with van der Waals surface area (Å²) in [6, 6.07) is 1.49. The first kappa shape index (κ1) is 15.8. The van der Waals surface area contributed by atoms with E-state index in [0.717, 1.165) is 26.1 Å². The molecule has 1 unspecified atom stereocenters. The lowest BCUT2D eigenvalue weighted by atomic mass is 10.1. The molecule has 0 amide bonds. The van der Waals surface area contributed by atoms with Gasteiger partial charge >= 0.3 is 6.18 Å². The minimum atomic E-state index is -4.55. The van der Waals surface area contributed by atoms with E-state index < -0.39 is 12.0 Å². The van der Waals surface area contributed by atoms with Crippen molar-refractivity contribution in [2.75, 3.05) is 36.9 Å². The maximum Gasteiger partial charge on any atom is 0.451 e. The monoisotopic (exact) mass is 304 g/mol. The molecule has 0 bridgehead atoms. The third-order valence-corrected chi connectivity index (χ3v) is 3.22. The number of aromatic nitrogens is 2. The molecule has 0 radical (unpaired) electrons. The molecule has 1 aromatic rings. The van der Waals surface area contributed by atoms with Crippen LogP contribution in [0.5, 0.6) is 0 Å². The normalized spacial score (nSPS) is 18.8. The van der Waals surface area contributed by atoms with Gasteiger partial charge in [0.25, 0.3) is 0 Å². The van der Waals surface area contributed by atoms with E-state index in [-0.39, 0.29) is 11.6 Å². The highest BCUT2D eigenvalue weighted by atomic mass is 19.4. The van der Waals surface area contributed by atoms with E-state index in [0.29, 0.717) is 19.0 Å². The Morgan fingerprint density at radius 2 is 2.00 bits per heavy atom. The van der Waals surface area contributed by atoms with E-state index in [9.17, 15) is 13.2 Å². The summed E-state index contributed by atoms with van der Waals surface area (Å²) in [6.45, 7) is 4.34. The smallest absolute Gasteiger partial charge is 0.381 e. The van der Waals surface area contributed by atoms with Crippen molar-refractivity contribution in [3.8, 4) is 0 Å². The van der Waals surface area contributed by atoms with Gasteiger partial charge in [0.15, 0.2) is 0 Å². The number of alkyl halides is 3. The molecule has 5 nitrogen and oxygen atoms in total. The van der Waals surface area contributed by atoms with Crippen LogP contribution in [0.15, 0.2) is 6.07 Å². The Morgan fingerprint density at radius 3 is 2.57 bits per heavy atom. The first-order valence-corrected chi connectivity index (χ1v) is 7.01. The lowest BCUT2D eigenvalue weighted by Gasteiger charge is -2.13. The average molecular weight is 304 g/mol. The molecule has 1 fully saturated rings. The maximum atomic E-state index is 12.8. The van der Waals surface area contributed by atoms with Crippen LogP contribution in [0, 0.1) is 5.92 Å². The third kappa shape index (κ3) is 4.73. The Morgan fingerprint density at radius 1 is 1.29 bits per heavy atom. The van der Waals surface area contributed by atoms with Gasteiger partial charge in [-0.25, -0.2) is 9.97 Å². The van der Waals surface area contributed by atoms with Crippen LogP contribution in [0.25, 0.3) is 0 Å². The van der Waals surface area contributed by atoms with Crippen molar-refractivity contribution in [3.05, 3.63) is 11.9 Å². The molecule has 1 atom stereocenters. The standard InChI is InChI=1S/C13H19F3N4O/c1-2-17-10-7-11(20-12(19-10)13(14,15)16)18-5-3-9-4-6-21-8-9/h7,9H,2-6,8H2,1H3,(H2,17,18,19,20). The van der Waals surface area contributed by atoms with Gasteiger partial charge in [-0.05, 0) is 25.7 Å². The van der Waals surface area contributed by atoms with Gasteiger partial charge in [0.05, 0.1) is 0 Å². The molecule has 1 aliphatic rings. The van der Waals surface area contributed by atoms with E-state index in [2.05, 4.69) is 20.6 Å². The Balaban J connectivity index is 2.00. The van der Waals surface area contributed by atoms with E-state index >= 15 is 0 Å². The van der Waals surface area contributed by atoms with Gasteiger partial charge in [0.1, 0.15) is 11.6 Å². The third-order valence-electron chi connectivity index (χ3n) is 3.22. The predicted octanol–water partition coefficient (Wildman–Crippen LogP) is 2.77. The van der Waals surface area contributed by atoms with Gasteiger partial charge < -0.3 is 15.4 Å². The predicted molar refractivity (Wildman–Crippen MR) is 73.2 cm³/mol. The molecule has 0 aliphatic carbocycles. The summed E-state index contributed by atoms with van der Waals surface area (Å²) in [4.78, 5) is 7.01. The highest BCUT2D eigenvalue weighted by Crippen LogP contribution is 2.28. The summed E-state index contributed by atoms with van der Waals surface area (Å²) in [5.74, 6) is -0.305. The first-order chi connectivity index (χ1) is 9.99. The van der Waals surface area contributed by atoms with Crippen molar-refractivity contribution in [3.63, 3.8) is 0 Å². The summed E-state index contributed by atoms with van der Waals surface area (Å²) in [5, 5.41) is 5.72. The molecule has 0 saturated carbocycles. The van der Waals surface area contributed by atoms with Crippen molar-refractivity contribution in [2.24, 2.45) is 5.92 Å². The number of nitrogens with zero attached hydrogens (tertiary/aromatic N) is 2. The fourth-order valence-electron chi connectivity index (χ4n) is 2.15. The Labute approximate surface area is 121 Å². The average Bonchev–Trinajstić information content (AvgIpc) is 2.91. The second-order valence-electron chi connectivity index (χ2n) is 4.94. The second-order valence-corrected chi connectivity index (χ2v) is 4.94. The molecule has 2 rings (SSSR count). The highest BCUT2D eigenvalue weighted by Gasteiger charge is 2.35. The molecule has 8 heteroatoms. The highest BCUT2D eigenvalue weighted by molar-refractivity contribution is 5.47. The second kappa shape index (κ2) is 6.93. The van der Waals surface area contributed by atoms with Crippen LogP contribution in [-0.2, 0) is 10.9 Å². The Hall–Kier alpha value is -1.57. The molecule has 21 heavy (non-hydrogen) atoms. The largest absolute Gasteiger partial charge is 0.451 e. The summed E-state index contributed by atoms with van der Waals surface area (Å²) in [7, 11) is 0. The maximum absolute atomic E-state index is 12.8. The molecule has 118 valence electrons. The SMILES string of the molecule is CCNc1cc(NCCC2CCOC2)nc(C(F)(F)F)n1. The fourth-order valence-corrected chi connectivity index (χ4v) is 2.15. The molecule has 1 saturated heterocycles. The number of anilines is 2. The number of ether oxygens (including phenoxy) is 1. The van der Waals surface area contributed by atoms with Gasteiger partial charge in [0, 0.05) is 32.4 Å². The van der Waals surface area contributed by atoms with Crippen molar-refractivity contribution in [2.45, 2.75) is 25.9 Å². The van der Waals surface area contributed by atoms with Crippen LogP contribution in [0.4, 0.5) is 24.8 Å². The first-order valence-electron chi connectivity index (χ1n) is 7.01. The minimum Gasteiger partial charge on any atom is -0.381 e. The zero-order valence-corrected chi connectivity index (χ0v) is 11.8. The van der Waals surface area contributed by atoms with Gasteiger partial charge in [-0.1, -0.05) is 0 Å². The fraction of sp³-hybridized carbons (Fsp3) is 0.692. The lowest BCUT2D eigenvalue weighted by Crippen LogP contribution is -2.16. The topological polar surface area (TPSA) is 59.1 Å². The van der Waals surface area contributed by atoms with E-state index in [1.54, 1.807) is 6.92 Å². The minimum absolute atomic E-state index is 0.173. The van der Waals surface area contributed by atoms with Gasteiger partial charge in [0.2, 0.25) is 5.82 Å². The van der Waals surface area contributed by atoms with Crippen LogP contribution in [0.2, 0.25) is 0 Å². The Kier molecular flexibility index (Phi) is 5.22. The lowest BCUT2D eigenvalue weighted by molar-refractivity contribution is -0.144. The molecule has 0 aromatic carbocycles. The summed E-state index contributed by atoms with van der Waals surface area (Å²) >= 11 is 0. The quantitative estimate of drug-likeness (QED) is 0.846. The van der Waals surface area contributed by atoms with E-state index in [4.69, 9.17) is 4.74 Å². The summed E-state index contributed by atoms with van der Waals surface area (Å²) < 4.78 is 43.5. The van der Waals surface area contributed by atoms with Gasteiger partial charge in [-0.3, -0.25) is 0 Å². The van der Waals surface area contributed by atoms with Crippen LogP contribution in [0.3, 0.4) is 0 Å². The molecule has 2 heterocycles. The van der Waals surface area contributed by atoms with E-state index in [1.165, 1.54) is 6.07 Å². The van der Waals surface area contributed by atoms with Crippen LogP contribution in [-0.4, -0.2) is 36.3 Å². The molecular formula is C13H19F3N4O. The number of halogens is 3. The molecular weight excluding hydrogens is 285 g/mol. The summed E-state index contributed by atoms with van der Waals surface area (Å²) in [5.41, 5.74) is 0. The number of hydrogen-bond acceptors (Lipinski definition) is 5. The van der Waals surface area contributed by atoms with Crippen LogP contribution >= 0.6 is 0 Å². The van der Waals surface area contributed by atoms with Crippen molar-refractivity contribution >= 4 is 11.6 Å². The molecule has 1 aromatic heterocycles. The number of nitrogens with one attached hydrogen (secondary N) is 2. The number of hydrogen-bond donors (Lipinski definition) is 2. The van der Waals surface area contributed by atoms with Gasteiger partial charge in [-0.15, -0.1) is 0 Å². The van der Waals surface area contributed by atoms with E-state index in [1.807, 2.05) is 0 Å². The Bertz CT molecular complexity index is 461. The van der Waals surface area contributed by atoms with Crippen LogP contribution in [0.1, 0.15) is 25.6 Å². The summed E-state index contributed by atoms with van der Waals surface area (Å²) in [6.07, 6.45) is -2.70. The van der Waals surface area contributed by atoms with Crippen LogP contribution < -0.4 is 10.6 Å². The number of rotatable bonds is 6. The van der Waals surface area contributed by atoms with Gasteiger partial charge in [-0.2, -0.15) is 13.2 Å². The zero-order valence-electron chi connectivity index (χ0n) is 11.8. The van der Waals surface area contributed by atoms with Crippen molar-refractivity contribution in [1.82, 2.24) is 9.97 Å². The molecule has 1 aliphatic heterocycles.